The molecule has 6 heteroatoms. The molecule has 0 heterocycles. The van der Waals surface area contributed by atoms with E-state index in [9.17, 15) is 9.59 Å². The molecule has 0 amide bonds. The van der Waals surface area contributed by atoms with Crippen molar-refractivity contribution in [2.75, 3.05) is 19.7 Å². The number of nitrogens with one attached hydrogen (secondary N) is 1. The van der Waals surface area contributed by atoms with Gasteiger partial charge >= 0.3 is 11.9 Å². The Kier molecular flexibility index (Phi) is 6.34. The molecule has 3 fully saturated rings. The Hall–Kier alpha value is -1.14. The summed E-state index contributed by atoms with van der Waals surface area (Å²) in [6.07, 6.45) is 8.52. The van der Waals surface area contributed by atoms with Gasteiger partial charge in [0.05, 0.1) is 19.1 Å². The maximum Gasteiger partial charge on any atom is 0.317 e. The molecule has 0 aliphatic heterocycles. The summed E-state index contributed by atoms with van der Waals surface area (Å²) in [6, 6.07) is 1.42. The molecule has 0 aromatic heterocycles. The zero-order valence-corrected chi connectivity index (χ0v) is 15.3. The average molecular weight is 352 g/mol. The second-order valence-electron chi connectivity index (χ2n) is 8.06. The quantitative estimate of drug-likeness (QED) is 0.618. The second-order valence-corrected chi connectivity index (χ2v) is 8.06. The monoisotopic (exact) mass is 352 g/mol. The lowest BCUT2D eigenvalue weighted by atomic mass is 9.81. The summed E-state index contributed by atoms with van der Waals surface area (Å²) in [5.74, 6) is 0.0599. The summed E-state index contributed by atoms with van der Waals surface area (Å²) >= 11 is 0. The highest BCUT2D eigenvalue weighted by Crippen LogP contribution is 2.34. The van der Waals surface area contributed by atoms with E-state index in [4.69, 9.17) is 9.84 Å². The number of nitrogens with zero attached hydrogens (tertiary/aromatic N) is 1. The topological polar surface area (TPSA) is 78.9 Å². The number of hydrogen-bond donors (Lipinski definition) is 2. The van der Waals surface area contributed by atoms with Crippen molar-refractivity contribution in [3.05, 3.63) is 0 Å². The van der Waals surface area contributed by atoms with Crippen LogP contribution >= 0.6 is 0 Å². The molecule has 0 unspecified atom stereocenters. The first-order valence-corrected chi connectivity index (χ1v) is 9.93. The summed E-state index contributed by atoms with van der Waals surface area (Å²) in [4.78, 5) is 25.1. The number of esters is 1. The summed E-state index contributed by atoms with van der Waals surface area (Å²) in [5.41, 5.74) is 0. The van der Waals surface area contributed by atoms with E-state index < -0.39 is 5.97 Å². The normalized spacial score (nSPS) is 32.2. The Morgan fingerprint density at radius 1 is 1.08 bits per heavy atom. The number of carboxylic acid groups (broad SMARTS) is 1. The van der Waals surface area contributed by atoms with Crippen LogP contribution in [0, 0.1) is 11.8 Å². The number of hydrogen-bond acceptors (Lipinski definition) is 5. The van der Waals surface area contributed by atoms with Gasteiger partial charge in [-0.25, -0.2) is 0 Å². The van der Waals surface area contributed by atoms with Gasteiger partial charge in [0.1, 0.15) is 0 Å². The van der Waals surface area contributed by atoms with E-state index in [0.717, 1.165) is 51.0 Å². The number of carbonyl (C=O) groups is 2. The maximum atomic E-state index is 11.8. The van der Waals surface area contributed by atoms with Crippen molar-refractivity contribution < 1.29 is 19.4 Å². The average Bonchev–Trinajstić information content (AvgIpc) is 3.34. The zero-order valence-electron chi connectivity index (χ0n) is 15.3. The lowest BCUT2D eigenvalue weighted by molar-refractivity contribution is -0.149. The zero-order chi connectivity index (χ0) is 17.8. The van der Waals surface area contributed by atoms with Crippen LogP contribution in [-0.4, -0.2) is 59.8 Å². The van der Waals surface area contributed by atoms with Gasteiger partial charge < -0.3 is 15.2 Å². The Bertz CT molecular complexity index is 466. The van der Waals surface area contributed by atoms with Gasteiger partial charge in [-0.3, -0.25) is 14.5 Å². The van der Waals surface area contributed by atoms with Gasteiger partial charge in [-0.15, -0.1) is 0 Å². The smallest absolute Gasteiger partial charge is 0.317 e. The molecule has 3 rings (SSSR count). The van der Waals surface area contributed by atoms with Crippen LogP contribution in [0.4, 0.5) is 0 Å². The van der Waals surface area contributed by atoms with Crippen LogP contribution in [0.2, 0.25) is 0 Å². The molecule has 0 aromatic rings. The summed E-state index contributed by atoms with van der Waals surface area (Å²) < 4.78 is 5.13. The molecule has 0 atom stereocenters. The Balaban J connectivity index is 1.35. The number of carbonyl (C=O) groups excluding carboxylic acids is 1. The molecule has 142 valence electrons. The van der Waals surface area contributed by atoms with Crippen LogP contribution in [0.25, 0.3) is 0 Å². The fraction of sp³-hybridized carbons (Fsp3) is 0.895. The molecule has 3 aliphatic carbocycles. The van der Waals surface area contributed by atoms with Gasteiger partial charge in [0.2, 0.25) is 0 Å². The van der Waals surface area contributed by atoms with Crippen LogP contribution in [0.1, 0.15) is 58.3 Å². The highest BCUT2D eigenvalue weighted by molar-refractivity contribution is 5.72. The second kappa shape index (κ2) is 8.49. The Labute approximate surface area is 150 Å². The molecule has 6 nitrogen and oxygen atoms in total. The van der Waals surface area contributed by atoms with E-state index in [1.54, 1.807) is 0 Å². The number of carboxylic acids is 1. The fourth-order valence-electron chi connectivity index (χ4n) is 4.26. The minimum absolute atomic E-state index is 0.0333. The largest absolute Gasteiger partial charge is 0.480 e. The Morgan fingerprint density at radius 3 is 2.32 bits per heavy atom. The van der Waals surface area contributed by atoms with Crippen molar-refractivity contribution >= 4 is 11.9 Å². The van der Waals surface area contributed by atoms with Gasteiger partial charge in [0.15, 0.2) is 0 Å². The third-order valence-corrected chi connectivity index (χ3v) is 5.98. The van der Waals surface area contributed by atoms with Crippen molar-refractivity contribution in [1.82, 2.24) is 10.2 Å². The van der Waals surface area contributed by atoms with E-state index >= 15 is 0 Å². The first-order valence-electron chi connectivity index (χ1n) is 9.93. The summed E-state index contributed by atoms with van der Waals surface area (Å²) in [6.45, 7) is 3.45. The van der Waals surface area contributed by atoms with Crippen molar-refractivity contribution in [1.29, 1.82) is 0 Å². The third-order valence-electron chi connectivity index (χ3n) is 5.98. The lowest BCUT2D eigenvalue weighted by Gasteiger charge is -2.45. The minimum atomic E-state index is -0.714. The Morgan fingerprint density at radius 2 is 1.76 bits per heavy atom. The van der Waals surface area contributed by atoms with E-state index in [2.05, 4.69) is 10.2 Å². The van der Waals surface area contributed by atoms with E-state index in [-0.39, 0.29) is 18.4 Å². The van der Waals surface area contributed by atoms with Crippen LogP contribution in [-0.2, 0) is 14.3 Å². The minimum Gasteiger partial charge on any atom is -0.480 e. The van der Waals surface area contributed by atoms with Crippen LogP contribution in [0.5, 0.6) is 0 Å². The molecule has 25 heavy (non-hydrogen) atoms. The highest BCUT2D eigenvalue weighted by Gasteiger charge is 2.38. The molecular weight excluding hydrogens is 320 g/mol. The molecular formula is C19H32N2O4. The van der Waals surface area contributed by atoms with E-state index in [1.165, 1.54) is 12.8 Å². The van der Waals surface area contributed by atoms with Crippen molar-refractivity contribution in [3.8, 4) is 0 Å². The van der Waals surface area contributed by atoms with Crippen molar-refractivity contribution in [2.45, 2.75) is 76.4 Å². The van der Waals surface area contributed by atoms with Crippen molar-refractivity contribution in [2.24, 2.45) is 11.8 Å². The molecule has 0 spiro atoms. The predicted octanol–water partition coefficient (Wildman–Crippen LogP) is 2.03. The third kappa shape index (κ3) is 5.42. The molecule has 0 saturated heterocycles. The SMILES string of the molecule is CCOC(=O)C1CCC(NC2CC(N(CC(=O)O)CC3CC3)C2)CC1. The van der Waals surface area contributed by atoms with Gasteiger partial charge in [0.25, 0.3) is 0 Å². The number of ether oxygens (including phenoxy) is 1. The first-order chi connectivity index (χ1) is 12.0. The molecule has 0 bridgehead atoms. The van der Waals surface area contributed by atoms with E-state index in [0.29, 0.717) is 24.7 Å². The molecule has 2 N–H and O–H groups in total. The van der Waals surface area contributed by atoms with Gasteiger partial charge in [-0.1, -0.05) is 0 Å². The summed E-state index contributed by atoms with van der Waals surface area (Å²) in [7, 11) is 0. The highest BCUT2D eigenvalue weighted by atomic mass is 16.5. The van der Waals surface area contributed by atoms with Crippen LogP contribution in [0.3, 0.4) is 0 Å². The molecule has 3 saturated carbocycles. The molecule has 0 aromatic carbocycles. The van der Waals surface area contributed by atoms with Crippen molar-refractivity contribution in [3.63, 3.8) is 0 Å². The first kappa shape index (κ1) is 18.6. The lowest BCUT2D eigenvalue weighted by Crippen LogP contribution is -2.56. The predicted molar refractivity (Wildman–Crippen MR) is 94.3 cm³/mol. The van der Waals surface area contributed by atoms with Crippen LogP contribution < -0.4 is 5.32 Å². The molecule has 3 aliphatic rings. The number of aliphatic carboxylic acids is 1. The van der Waals surface area contributed by atoms with Gasteiger partial charge in [-0.2, -0.15) is 0 Å². The number of rotatable bonds is 9. The van der Waals surface area contributed by atoms with Crippen LogP contribution in [0.15, 0.2) is 0 Å². The maximum absolute atomic E-state index is 11.8. The van der Waals surface area contributed by atoms with Gasteiger partial charge in [0, 0.05) is 24.7 Å². The standard InChI is InChI=1S/C19H32N2O4/c1-2-25-19(24)14-5-7-15(8-6-14)20-16-9-17(10-16)21(12-18(22)23)11-13-3-4-13/h13-17,20H,2-12H2,1H3,(H,22,23). The fourth-order valence-corrected chi connectivity index (χ4v) is 4.26. The molecule has 0 radical (unpaired) electrons. The van der Waals surface area contributed by atoms with Gasteiger partial charge in [-0.05, 0) is 64.2 Å². The summed E-state index contributed by atoms with van der Waals surface area (Å²) in [5, 5.41) is 12.9. The van der Waals surface area contributed by atoms with E-state index in [1.807, 2.05) is 6.92 Å².